The smallest absolute Gasteiger partial charge is 0.307 e. The fraction of sp³-hybridized carbons (Fsp3) is 0.364. The molecule has 0 N–H and O–H groups in total. The van der Waals surface area contributed by atoms with Crippen LogP contribution >= 0.6 is 0 Å². The molecule has 0 bridgehead atoms. The molecule has 0 aliphatic rings. The molecule has 2 aromatic carbocycles. The number of hydrogen-bond acceptors (Lipinski definition) is 3. The van der Waals surface area contributed by atoms with Gasteiger partial charge in [0.05, 0.1) is 5.92 Å². The summed E-state index contributed by atoms with van der Waals surface area (Å²) in [6, 6.07) is 19.5. The van der Waals surface area contributed by atoms with Crippen LogP contribution in [0.3, 0.4) is 0 Å². The van der Waals surface area contributed by atoms with Gasteiger partial charge in [-0.2, -0.15) is 0 Å². The van der Waals surface area contributed by atoms with E-state index in [1.54, 1.807) is 4.90 Å². The zero-order chi connectivity index (χ0) is 20.8. The minimum Gasteiger partial charge on any atom is -0.307 e. The highest BCUT2D eigenvalue weighted by Crippen LogP contribution is 2.21. The summed E-state index contributed by atoms with van der Waals surface area (Å²) in [6.07, 6.45) is 2.28. The molecule has 0 radical (unpaired) electrons. The van der Waals surface area contributed by atoms with Gasteiger partial charge in [-0.05, 0) is 44.8 Å². The van der Waals surface area contributed by atoms with Gasteiger partial charge in [0.1, 0.15) is 0 Å². The molecule has 4 nitrogen and oxygen atoms in total. The fourth-order valence-corrected chi connectivity index (χ4v) is 4.02. The number of carbonyl (C=O) groups excluding carboxylic acids is 1. The summed E-state index contributed by atoms with van der Waals surface area (Å²) < 4.78 is 12.3. The van der Waals surface area contributed by atoms with E-state index in [2.05, 4.69) is 39.3 Å². The zero-order valence-electron chi connectivity index (χ0n) is 17.8. The normalized spacial score (nSPS) is 12.8. The quantitative estimate of drug-likeness (QED) is 0.230. The Kier molecular flexibility index (Phi) is 7.37. The van der Waals surface area contributed by atoms with Crippen molar-refractivity contribution in [2.24, 2.45) is 0 Å². The Morgan fingerprint density at radius 1 is 0.857 bits per heavy atom. The van der Waals surface area contributed by atoms with Crippen LogP contribution in [0.25, 0.3) is 0 Å². The van der Waals surface area contributed by atoms with Crippen LogP contribution in [0, 0.1) is 0 Å². The molecular weight excluding hydrogens is 382 g/mol. The van der Waals surface area contributed by atoms with Crippen molar-refractivity contribution in [1.82, 2.24) is 0 Å². The van der Waals surface area contributed by atoms with Gasteiger partial charge in [0.25, 0.3) is 6.21 Å². The average molecular weight is 415 g/mol. The van der Waals surface area contributed by atoms with E-state index < -0.39 is 16.6 Å². The van der Waals surface area contributed by atoms with Crippen molar-refractivity contribution in [2.75, 3.05) is 0 Å². The molecule has 0 fully saturated rings. The first kappa shape index (κ1) is 22.1. The molecule has 0 spiro atoms. The molecule has 2 rings (SSSR count). The van der Waals surface area contributed by atoms with Gasteiger partial charge in [-0.25, -0.2) is 0 Å². The molecule has 0 saturated carbocycles. The van der Waals surface area contributed by atoms with Crippen molar-refractivity contribution >= 4 is 28.6 Å². The average Bonchev–Trinajstić information content (AvgIpc) is 2.59. The third kappa shape index (κ3) is 7.82. The second-order valence-corrected chi connectivity index (χ2v) is 17.7. The van der Waals surface area contributed by atoms with E-state index in [-0.39, 0.29) is 11.7 Å². The van der Waals surface area contributed by atoms with Crippen LogP contribution in [0.1, 0.15) is 28.3 Å². The summed E-state index contributed by atoms with van der Waals surface area (Å²) in [7, 11) is -3.77. The highest BCUT2D eigenvalue weighted by molar-refractivity contribution is 6.70. The number of ketones is 1. The Bertz CT molecular complexity index is 776. The van der Waals surface area contributed by atoms with E-state index in [4.69, 9.17) is 9.05 Å². The van der Waals surface area contributed by atoms with Crippen LogP contribution in [-0.4, -0.2) is 33.5 Å². The Balaban J connectivity index is 2.38. The summed E-state index contributed by atoms with van der Waals surface area (Å²) in [5.74, 6) is -0.0340. The minimum absolute atomic E-state index is 0.103. The highest BCUT2D eigenvalue weighted by Gasteiger charge is 2.33. The highest BCUT2D eigenvalue weighted by atomic mass is 28.4. The van der Waals surface area contributed by atoms with Gasteiger partial charge < -0.3 is 9.05 Å². The van der Waals surface area contributed by atoms with Crippen molar-refractivity contribution in [3.05, 3.63) is 71.8 Å². The summed E-state index contributed by atoms with van der Waals surface area (Å²) in [6.45, 7) is 12.7. The van der Waals surface area contributed by atoms with Gasteiger partial charge in [-0.3, -0.25) is 4.79 Å². The zero-order valence-corrected chi connectivity index (χ0v) is 19.8. The first-order chi connectivity index (χ1) is 13.0. The van der Waals surface area contributed by atoms with Crippen molar-refractivity contribution in [2.45, 2.75) is 51.6 Å². The first-order valence-corrected chi connectivity index (χ1v) is 16.5. The van der Waals surface area contributed by atoms with Gasteiger partial charge in [-0.15, -0.1) is 0 Å². The van der Waals surface area contributed by atoms with Crippen LogP contribution in [0.15, 0.2) is 60.7 Å². The SMILES string of the molecule is C[Si](C)(C)O[N+](=CC(CC(=O)c1ccccc1)c1ccccc1)O[Si](C)(C)C. The van der Waals surface area contributed by atoms with Gasteiger partial charge in [-0.1, -0.05) is 60.7 Å². The second-order valence-electron chi connectivity index (χ2n) is 8.85. The molecule has 0 heterocycles. The molecule has 0 saturated heterocycles. The van der Waals surface area contributed by atoms with Crippen LogP contribution in [0.5, 0.6) is 0 Å². The number of benzene rings is 2. The Morgan fingerprint density at radius 2 is 1.32 bits per heavy atom. The monoisotopic (exact) mass is 414 g/mol. The summed E-state index contributed by atoms with van der Waals surface area (Å²) in [5.41, 5.74) is 1.79. The Labute approximate surface area is 171 Å². The third-order valence-electron chi connectivity index (χ3n) is 3.76. The second kappa shape index (κ2) is 9.34. The van der Waals surface area contributed by atoms with Crippen molar-refractivity contribution < 1.29 is 18.8 Å². The van der Waals surface area contributed by atoms with Crippen molar-refractivity contribution in [3.63, 3.8) is 0 Å². The lowest BCUT2D eigenvalue weighted by molar-refractivity contribution is -0.919. The van der Waals surface area contributed by atoms with Crippen LogP contribution in [-0.2, 0) is 9.05 Å². The lowest BCUT2D eigenvalue weighted by Crippen LogP contribution is -2.39. The molecule has 2 aromatic rings. The fourth-order valence-electron chi connectivity index (χ4n) is 2.66. The molecule has 6 heteroatoms. The minimum atomic E-state index is -1.88. The Morgan fingerprint density at radius 3 is 1.79 bits per heavy atom. The lowest BCUT2D eigenvalue weighted by atomic mass is 9.92. The van der Waals surface area contributed by atoms with Gasteiger partial charge in [0.15, 0.2) is 10.7 Å². The van der Waals surface area contributed by atoms with E-state index in [0.29, 0.717) is 6.42 Å². The summed E-state index contributed by atoms with van der Waals surface area (Å²) in [5, 5.41) is 0. The maximum Gasteiger partial charge on any atom is 0.343 e. The lowest BCUT2D eigenvalue weighted by Gasteiger charge is -2.19. The van der Waals surface area contributed by atoms with E-state index >= 15 is 0 Å². The molecule has 28 heavy (non-hydrogen) atoms. The molecule has 0 aliphatic carbocycles. The molecule has 1 unspecified atom stereocenters. The van der Waals surface area contributed by atoms with Gasteiger partial charge in [0, 0.05) is 12.0 Å². The topological polar surface area (TPSA) is 38.5 Å². The standard InChI is InChI=1S/C22H32NO3Si2/c1-27(2,3)25-23(26-28(4,5)6)18-21(19-13-9-7-10-14-19)17-22(24)20-15-11-8-12-16-20/h7-16,18,21H,17H2,1-6H3/q+1. The van der Waals surface area contributed by atoms with E-state index in [1.807, 2.05) is 66.9 Å². The number of Topliss-reactive ketones (excluding diaryl/α,β-unsaturated/α-hetero) is 1. The summed E-state index contributed by atoms with van der Waals surface area (Å²) >= 11 is 0. The maximum absolute atomic E-state index is 12.9. The molecule has 0 aliphatic heterocycles. The van der Waals surface area contributed by atoms with Crippen LogP contribution < -0.4 is 0 Å². The number of rotatable bonds is 9. The molecule has 0 aromatic heterocycles. The van der Waals surface area contributed by atoms with Crippen molar-refractivity contribution in [1.29, 1.82) is 0 Å². The Hall–Kier alpha value is -2.19. The molecule has 0 amide bonds. The van der Waals surface area contributed by atoms with E-state index in [1.165, 1.54) is 0 Å². The number of carbonyl (C=O) groups is 1. The van der Waals surface area contributed by atoms with Crippen LogP contribution in [0.2, 0.25) is 39.3 Å². The van der Waals surface area contributed by atoms with E-state index in [0.717, 1.165) is 11.1 Å². The van der Waals surface area contributed by atoms with Gasteiger partial charge >= 0.3 is 16.6 Å². The molecule has 150 valence electrons. The first-order valence-electron chi connectivity index (χ1n) is 9.69. The number of hydrogen-bond donors (Lipinski definition) is 0. The number of nitrogens with zero attached hydrogens (tertiary/aromatic N) is 1. The van der Waals surface area contributed by atoms with Crippen LogP contribution in [0.4, 0.5) is 0 Å². The third-order valence-corrected chi connectivity index (χ3v) is 5.21. The van der Waals surface area contributed by atoms with E-state index in [9.17, 15) is 4.79 Å². The predicted octanol–water partition coefficient (Wildman–Crippen LogP) is 5.66. The largest absolute Gasteiger partial charge is 0.343 e. The van der Waals surface area contributed by atoms with Crippen molar-refractivity contribution in [3.8, 4) is 0 Å². The molecule has 1 atom stereocenters. The predicted molar refractivity (Wildman–Crippen MR) is 120 cm³/mol. The molecular formula is C22H32NO3Si2+. The van der Waals surface area contributed by atoms with Gasteiger partial charge in [0.2, 0.25) is 0 Å². The summed E-state index contributed by atoms with van der Waals surface area (Å²) in [4.78, 5) is 14.4. The maximum atomic E-state index is 12.9.